The minimum absolute atomic E-state index is 0.0289. The van der Waals surface area contributed by atoms with E-state index >= 15 is 0 Å². The van der Waals surface area contributed by atoms with Crippen LogP contribution in [-0.2, 0) is 11.0 Å². The van der Waals surface area contributed by atoms with Gasteiger partial charge in [-0.2, -0.15) is 13.2 Å². The number of hydrogen-bond acceptors (Lipinski definition) is 3. The zero-order valence-electron chi connectivity index (χ0n) is 17.1. The first-order valence-electron chi connectivity index (χ1n) is 9.49. The number of carbonyl (C=O) groups is 2. The fourth-order valence-corrected chi connectivity index (χ4v) is 3.36. The normalized spacial score (nSPS) is 11.1. The molecule has 10 heteroatoms. The first kappa shape index (κ1) is 24.4. The molecule has 1 N–H and O–H groups in total. The number of anilines is 1. The predicted octanol–water partition coefficient (Wildman–Crippen LogP) is 6.52. The van der Waals surface area contributed by atoms with Crippen molar-refractivity contribution in [3.05, 3.63) is 87.9 Å². The Bertz CT molecular complexity index is 1170. The van der Waals surface area contributed by atoms with Gasteiger partial charge in [-0.15, -0.1) is 0 Å². The fourth-order valence-electron chi connectivity index (χ4n) is 2.87. The molecule has 0 saturated carbocycles. The van der Waals surface area contributed by atoms with Gasteiger partial charge in [-0.05, 0) is 48.5 Å². The number of hydrogen-bond donors (Lipinski definition) is 1. The minimum atomic E-state index is -4.51. The number of nitrogens with zero attached hydrogens (tertiary/aromatic N) is 1. The quantitative estimate of drug-likeness (QED) is 0.422. The highest BCUT2D eigenvalue weighted by molar-refractivity contribution is 6.39. The van der Waals surface area contributed by atoms with Crippen LogP contribution in [0.5, 0.6) is 11.5 Å². The number of para-hydroxylation sites is 1. The lowest BCUT2D eigenvalue weighted by atomic mass is 10.2. The highest BCUT2D eigenvalue weighted by Crippen LogP contribution is 2.33. The van der Waals surface area contributed by atoms with E-state index in [0.29, 0.717) is 0 Å². The van der Waals surface area contributed by atoms with Gasteiger partial charge in [0.15, 0.2) is 0 Å². The molecule has 0 atom stereocenters. The standard InChI is InChI=1S/C23H17Cl2F3N2O3/c1-30(13-20(31)29-21-18(24)9-4-10-19(21)25)22(32)14-5-2-7-16(11-14)33-17-8-3-6-15(12-17)23(26,27)28/h2-12H,13H2,1H3,(H,29,31). The number of rotatable bonds is 6. The number of ether oxygens (including phenoxy) is 1. The van der Waals surface area contributed by atoms with Crippen LogP contribution in [0.1, 0.15) is 15.9 Å². The Kier molecular flexibility index (Phi) is 7.50. The topological polar surface area (TPSA) is 58.6 Å². The summed E-state index contributed by atoms with van der Waals surface area (Å²) in [5, 5.41) is 3.07. The van der Waals surface area contributed by atoms with Crippen LogP contribution < -0.4 is 10.1 Å². The van der Waals surface area contributed by atoms with Crippen molar-refractivity contribution in [1.82, 2.24) is 4.90 Å². The summed E-state index contributed by atoms with van der Waals surface area (Å²) in [6, 6.07) is 15.1. The third-order valence-corrected chi connectivity index (χ3v) is 5.06. The van der Waals surface area contributed by atoms with Gasteiger partial charge >= 0.3 is 6.18 Å². The van der Waals surface area contributed by atoms with Gasteiger partial charge < -0.3 is 15.0 Å². The zero-order chi connectivity index (χ0) is 24.2. The Labute approximate surface area is 197 Å². The number of alkyl halides is 3. The monoisotopic (exact) mass is 496 g/mol. The molecule has 3 rings (SSSR count). The molecule has 3 aromatic rings. The summed E-state index contributed by atoms with van der Waals surface area (Å²) in [4.78, 5) is 26.3. The molecule has 0 unspecified atom stereocenters. The molecule has 0 aromatic heterocycles. The number of halogens is 5. The van der Waals surface area contributed by atoms with E-state index in [-0.39, 0.29) is 39.3 Å². The SMILES string of the molecule is CN(CC(=O)Nc1c(Cl)cccc1Cl)C(=O)c1cccc(Oc2cccc(C(F)(F)F)c2)c1. The molecule has 0 spiro atoms. The minimum Gasteiger partial charge on any atom is -0.457 e. The molecule has 5 nitrogen and oxygen atoms in total. The van der Waals surface area contributed by atoms with E-state index in [1.807, 2.05) is 0 Å². The summed E-state index contributed by atoms with van der Waals surface area (Å²) < 4.78 is 44.2. The number of likely N-dealkylation sites (N-methyl/N-ethyl adjacent to an activating group) is 1. The number of nitrogens with one attached hydrogen (secondary N) is 1. The Morgan fingerprint density at radius 1 is 0.939 bits per heavy atom. The molecule has 0 aliphatic rings. The lowest BCUT2D eigenvalue weighted by molar-refractivity contribution is -0.137. The summed E-state index contributed by atoms with van der Waals surface area (Å²) >= 11 is 12.1. The molecule has 3 aromatic carbocycles. The van der Waals surface area contributed by atoms with E-state index in [1.165, 1.54) is 48.3 Å². The van der Waals surface area contributed by atoms with Crippen LogP contribution in [0.4, 0.5) is 18.9 Å². The fraction of sp³-hybridized carbons (Fsp3) is 0.130. The second-order valence-corrected chi connectivity index (χ2v) is 7.78. The molecule has 0 fully saturated rings. The van der Waals surface area contributed by atoms with E-state index < -0.39 is 23.6 Å². The van der Waals surface area contributed by atoms with Crippen molar-refractivity contribution >= 4 is 40.7 Å². The van der Waals surface area contributed by atoms with Crippen molar-refractivity contribution < 1.29 is 27.5 Å². The molecule has 0 heterocycles. The molecule has 33 heavy (non-hydrogen) atoms. The lowest BCUT2D eigenvalue weighted by Gasteiger charge is -2.18. The van der Waals surface area contributed by atoms with Gasteiger partial charge in [0.2, 0.25) is 5.91 Å². The molecular weight excluding hydrogens is 480 g/mol. The van der Waals surface area contributed by atoms with Crippen LogP contribution in [0.3, 0.4) is 0 Å². The highest BCUT2D eigenvalue weighted by atomic mass is 35.5. The van der Waals surface area contributed by atoms with Crippen molar-refractivity contribution in [3.8, 4) is 11.5 Å². The van der Waals surface area contributed by atoms with E-state index in [2.05, 4.69) is 5.32 Å². The van der Waals surface area contributed by atoms with Gasteiger partial charge in [-0.3, -0.25) is 9.59 Å². The maximum Gasteiger partial charge on any atom is 0.416 e. The zero-order valence-corrected chi connectivity index (χ0v) is 18.6. The Morgan fingerprint density at radius 3 is 2.15 bits per heavy atom. The van der Waals surface area contributed by atoms with Crippen LogP contribution in [0.2, 0.25) is 10.0 Å². The van der Waals surface area contributed by atoms with Crippen LogP contribution in [-0.4, -0.2) is 30.3 Å². The third kappa shape index (κ3) is 6.40. The van der Waals surface area contributed by atoms with Gasteiger partial charge in [-0.1, -0.05) is 41.4 Å². The maximum atomic E-state index is 12.9. The molecule has 0 radical (unpaired) electrons. The Hall–Kier alpha value is -3.23. The van der Waals surface area contributed by atoms with Gasteiger partial charge in [0.1, 0.15) is 11.5 Å². The Morgan fingerprint density at radius 2 is 1.52 bits per heavy atom. The van der Waals surface area contributed by atoms with Crippen LogP contribution in [0, 0.1) is 0 Å². The number of carbonyl (C=O) groups excluding carboxylic acids is 2. The van der Waals surface area contributed by atoms with E-state index in [0.717, 1.165) is 12.1 Å². The second-order valence-electron chi connectivity index (χ2n) is 6.96. The summed E-state index contributed by atoms with van der Waals surface area (Å²) in [6.45, 7) is -0.293. The second kappa shape index (κ2) is 10.1. The maximum absolute atomic E-state index is 12.9. The van der Waals surface area contributed by atoms with E-state index in [1.54, 1.807) is 18.2 Å². The van der Waals surface area contributed by atoms with Crippen molar-refractivity contribution in [2.45, 2.75) is 6.18 Å². The molecule has 0 bridgehead atoms. The van der Waals surface area contributed by atoms with Crippen LogP contribution >= 0.6 is 23.2 Å². The van der Waals surface area contributed by atoms with Gasteiger partial charge in [0, 0.05) is 12.6 Å². The molecule has 0 aliphatic heterocycles. The van der Waals surface area contributed by atoms with E-state index in [9.17, 15) is 22.8 Å². The summed E-state index contributed by atoms with van der Waals surface area (Å²) in [5.41, 5.74) is -0.426. The smallest absolute Gasteiger partial charge is 0.416 e. The largest absolute Gasteiger partial charge is 0.457 e. The van der Waals surface area contributed by atoms with E-state index in [4.69, 9.17) is 27.9 Å². The Balaban J connectivity index is 1.68. The molecule has 2 amide bonds. The van der Waals surface area contributed by atoms with Crippen molar-refractivity contribution in [2.24, 2.45) is 0 Å². The average Bonchev–Trinajstić information content (AvgIpc) is 2.75. The average molecular weight is 497 g/mol. The first-order valence-corrected chi connectivity index (χ1v) is 10.2. The number of amides is 2. The molecule has 0 aliphatic carbocycles. The predicted molar refractivity (Wildman–Crippen MR) is 120 cm³/mol. The van der Waals surface area contributed by atoms with Crippen LogP contribution in [0.15, 0.2) is 66.7 Å². The summed E-state index contributed by atoms with van der Waals surface area (Å²) in [5.74, 6) is -0.873. The van der Waals surface area contributed by atoms with Crippen LogP contribution in [0.25, 0.3) is 0 Å². The highest BCUT2D eigenvalue weighted by Gasteiger charge is 2.30. The first-order chi connectivity index (χ1) is 15.5. The molecule has 0 saturated heterocycles. The summed E-state index contributed by atoms with van der Waals surface area (Å²) in [6.07, 6.45) is -4.51. The molecule has 172 valence electrons. The van der Waals surface area contributed by atoms with Crippen molar-refractivity contribution in [2.75, 3.05) is 18.9 Å². The molecular formula is C23H17Cl2F3N2O3. The van der Waals surface area contributed by atoms with Gasteiger partial charge in [0.05, 0.1) is 27.8 Å². The van der Waals surface area contributed by atoms with Gasteiger partial charge in [0.25, 0.3) is 5.91 Å². The third-order valence-electron chi connectivity index (χ3n) is 4.43. The van der Waals surface area contributed by atoms with Gasteiger partial charge in [-0.25, -0.2) is 0 Å². The van der Waals surface area contributed by atoms with Crippen molar-refractivity contribution in [3.63, 3.8) is 0 Å². The lowest BCUT2D eigenvalue weighted by Crippen LogP contribution is -2.35. The van der Waals surface area contributed by atoms with Crippen molar-refractivity contribution in [1.29, 1.82) is 0 Å². The number of benzene rings is 3. The summed E-state index contributed by atoms with van der Waals surface area (Å²) in [7, 11) is 1.43.